The maximum atomic E-state index is 12.0. The van der Waals surface area contributed by atoms with E-state index in [2.05, 4.69) is 6.92 Å². The molecule has 0 aromatic heterocycles. The quantitative estimate of drug-likeness (QED) is 0.241. The van der Waals surface area contributed by atoms with Gasteiger partial charge in [0, 0.05) is 6.42 Å². The lowest BCUT2D eigenvalue weighted by Crippen LogP contribution is -2.56. The summed E-state index contributed by atoms with van der Waals surface area (Å²) in [7, 11) is 0. The van der Waals surface area contributed by atoms with Crippen LogP contribution in [0.5, 0.6) is 0 Å². The van der Waals surface area contributed by atoms with E-state index in [1.54, 1.807) is 6.08 Å². The Labute approximate surface area is 126 Å². The van der Waals surface area contributed by atoms with Gasteiger partial charge in [-0.2, -0.15) is 0 Å². The number of ketones is 1. The minimum absolute atomic E-state index is 0.207. The van der Waals surface area contributed by atoms with Crippen molar-refractivity contribution in [2.45, 2.75) is 63.5 Å². The Morgan fingerprint density at radius 3 is 2.48 bits per heavy atom. The van der Waals surface area contributed by atoms with E-state index in [0.717, 1.165) is 25.7 Å². The van der Waals surface area contributed by atoms with Crippen molar-refractivity contribution in [2.75, 3.05) is 6.54 Å². The van der Waals surface area contributed by atoms with Gasteiger partial charge in [-0.15, -0.1) is 0 Å². The number of unbranched alkanes of at least 4 members (excludes halogenated alkanes) is 4. The first-order valence-corrected chi connectivity index (χ1v) is 7.49. The van der Waals surface area contributed by atoms with Crippen LogP contribution in [0.3, 0.4) is 0 Å². The zero-order valence-electron chi connectivity index (χ0n) is 12.8. The number of allylic oxidation sites excluding steroid dienone is 1. The summed E-state index contributed by atoms with van der Waals surface area (Å²) < 4.78 is 0. The minimum atomic E-state index is -2.09. The van der Waals surface area contributed by atoms with Crippen LogP contribution in [0, 0.1) is 0 Å². The summed E-state index contributed by atoms with van der Waals surface area (Å²) in [5, 5.41) is 18.8. The second-order valence-corrected chi connectivity index (χ2v) is 5.33. The number of rotatable bonds is 12. The fourth-order valence-corrected chi connectivity index (χ4v) is 1.99. The lowest BCUT2D eigenvalue weighted by molar-refractivity contribution is -0.148. The van der Waals surface area contributed by atoms with Crippen LogP contribution in [0.2, 0.25) is 0 Å². The first-order valence-electron chi connectivity index (χ1n) is 7.49. The van der Waals surface area contributed by atoms with Gasteiger partial charge in [0.05, 0.1) is 6.10 Å². The molecule has 0 aliphatic rings. The molecule has 2 atom stereocenters. The average Bonchev–Trinajstić information content (AvgIpc) is 2.42. The molecule has 0 bridgehead atoms. The number of aliphatic hydroxyl groups is 1. The van der Waals surface area contributed by atoms with Crippen molar-refractivity contribution in [1.82, 2.24) is 0 Å². The summed E-state index contributed by atoms with van der Waals surface area (Å²) in [4.78, 5) is 23.3. The molecule has 0 heterocycles. The predicted molar refractivity (Wildman–Crippen MR) is 81.8 cm³/mol. The highest BCUT2D eigenvalue weighted by atomic mass is 16.4. The molecule has 0 radical (unpaired) electrons. The van der Waals surface area contributed by atoms with Crippen LogP contribution in [0.4, 0.5) is 0 Å². The van der Waals surface area contributed by atoms with Gasteiger partial charge in [-0.1, -0.05) is 32.3 Å². The Bertz CT molecular complexity index is 358. The van der Waals surface area contributed by atoms with Crippen molar-refractivity contribution in [3.05, 3.63) is 12.2 Å². The molecule has 6 heteroatoms. The lowest BCUT2D eigenvalue weighted by atomic mass is 9.87. The maximum Gasteiger partial charge on any atom is 0.331 e. The first-order chi connectivity index (χ1) is 9.88. The lowest BCUT2D eigenvalue weighted by Gasteiger charge is -2.24. The first kappa shape index (κ1) is 19.8. The van der Waals surface area contributed by atoms with E-state index in [0.29, 0.717) is 6.42 Å². The highest BCUT2D eigenvalue weighted by Crippen LogP contribution is 2.15. The Balaban J connectivity index is 4.54. The number of carbonyl (C=O) groups excluding carboxylic acids is 1. The monoisotopic (exact) mass is 300 g/mol. The van der Waals surface area contributed by atoms with Crippen molar-refractivity contribution in [3.63, 3.8) is 0 Å². The molecule has 0 rings (SSSR count). The third-order valence-corrected chi connectivity index (χ3v) is 3.37. The number of carbonyl (C=O) groups is 2. The molecule has 0 amide bonds. The van der Waals surface area contributed by atoms with Crippen molar-refractivity contribution in [2.24, 2.45) is 11.5 Å². The summed E-state index contributed by atoms with van der Waals surface area (Å²) in [5.41, 5.74) is 8.88. The van der Waals surface area contributed by atoms with Gasteiger partial charge in [-0.25, -0.2) is 4.79 Å². The summed E-state index contributed by atoms with van der Waals surface area (Å²) in [5.74, 6) is -2.12. The second kappa shape index (κ2) is 10.5. The molecule has 6 nitrogen and oxygen atoms in total. The highest BCUT2D eigenvalue weighted by molar-refractivity contribution is 6.12. The van der Waals surface area contributed by atoms with Gasteiger partial charge in [0.25, 0.3) is 0 Å². The molecule has 0 saturated heterocycles. The summed E-state index contributed by atoms with van der Waals surface area (Å²) in [6.45, 7) is 2.32. The molecule has 6 N–H and O–H groups in total. The number of carboxylic acid groups (broad SMARTS) is 1. The molecule has 0 fully saturated rings. The average molecular weight is 300 g/mol. The van der Waals surface area contributed by atoms with Gasteiger partial charge in [0.15, 0.2) is 11.3 Å². The second-order valence-electron chi connectivity index (χ2n) is 5.33. The van der Waals surface area contributed by atoms with E-state index in [4.69, 9.17) is 11.5 Å². The molecule has 0 aromatic carbocycles. The van der Waals surface area contributed by atoms with Crippen molar-refractivity contribution >= 4 is 11.8 Å². The molecule has 0 aromatic rings. The molecule has 0 spiro atoms. The predicted octanol–water partition coefficient (Wildman–Crippen LogP) is 0.964. The van der Waals surface area contributed by atoms with Crippen LogP contribution in [0.25, 0.3) is 0 Å². The van der Waals surface area contributed by atoms with Gasteiger partial charge in [0.1, 0.15) is 0 Å². The van der Waals surface area contributed by atoms with Gasteiger partial charge in [0.2, 0.25) is 0 Å². The Morgan fingerprint density at radius 1 is 1.29 bits per heavy atom. The third-order valence-electron chi connectivity index (χ3n) is 3.37. The fraction of sp³-hybridized carbons (Fsp3) is 0.733. The summed E-state index contributed by atoms with van der Waals surface area (Å²) in [6, 6.07) is 0. The fourth-order valence-electron chi connectivity index (χ4n) is 1.99. The van der Waals surface area contributed by atoms with Gasteiger partial charge in [-0.05, 0) is 31.9 Å². The standard InChI is InChI=1S/C15H28N2O4/c1-2-3-4-5-6-7-8-13(19)15(17,14(20)21)11-12(18)9-10-16/h7-8,12,18H,2-6,9-11,16-17H2,1H3,(H,20,21)/t12?,15-/m1/s1. The molecule has 21 heavy (non-hydrogen) atoms. The number of carboxylic acids is 1. The van der Waals surface area contributed by atoms with E-state index in [9.17, 15) is 19.8 Å². The van der Waals surface area contributed by atoms with Crippen LogP contribution in [0.1, 0.15) is 51.9 Å². The zero-order chi connectivity index (χ0) is 16.3. The van der Waals surface area contributed by atoms with Crippen LogP contribution < -0.4 is 11.5 Å². The molecule has 1 unspecified atom stereocenters. The minimum Gasteiger partial charge on any atom is -0.480 e. The normalized spacial score (nSPS) is 15.8. The maximum absolute atomic E-state index is 12.0. The number of aliphatic hydroxyl groups excluding tert-OH is 1. The summed E-state index contributed by atoms with van der Waals surface area (Å²) >= 11 is 0. The van der Waals surface area contributed by atoms with E-state index in [-0.39, 0.29) is 19.4 Å². The molecule has 122 valence electrons. The zero-order valence-corrected chi connectivity index (χ0v) is 12.8. The summed E-state index contributed by atoms with van der Waals surface area (Å²) in [6.07, 6.45) is 6.77. The SMILES string of the molecule is CCCCCCC=CC(=O)[C@](N)(CC(O)CCN)C(=O)O. The molecule has 0 aliphatic carbocycles. The topological polar surface area (TPSA) is 127 Å². The Hall–Kier alpha value is -1.24. The molecule has 0 saturated carbocycles. The Kier molecular flexibility index (Phi) is 9.86. The number of hydrogen-bond donors (Lipinski definition) is 4. The molecule has 0 aliphatic heterocycles. The van der Waals surface area contributed by atoms with E-state index in [1.807, 2.05) is 0 Å². The van der Waals surface area contributed by atoms with Crippen molar-refractivity contribution < 1.29 is 19.8 Å². The number of nitrogens with two attached hydrogens (primary N) is 2. The highest BCUT2D eigenvalue weighted by Gasteiger charge is 2.42. The third kappa shape index (κ3) is 7.36. The van der Waals surface area contributed by atoms with Gasteiger partial charge >= 0.3 is 5.97 Å². The molecular weight excluding hydrogens is 272 g/mol. The van der Waals surface area contributed by atoms with E-state index >= 15 is 0 Å². The largest absolute Gasteiger partial charge is 0.480 e. The van der Waals surface area contributed by atoms with Gasteiger partial charge in [-0.3, -0.25) is 4.79 Å². The number of hydrogen-bond acceptors (Lipinski definition) is 5. The number of aliphatic carboxylic acids is 1. The van der Waals surface area contributed by atoms with E-state index < -0.39 is 23.4 Å². The van der Waals surface area contributed by atoms with Crippen LogP contribution in [0.15, 0.2) is 12.2 Å². The molecular formula is C15H28N2O4. The Morgan fingerprint density at radius 2 is 1.95 bits per heavy atom. The van der Waals surface area contributed by atoms with Crippen LogP contribution in [-0.2, 0) is 9.59 Å². The van der Waals surface area contributed by atoms with Gasteiger partial charge < -0.3 is 21.7 Å². The van der Waals surface area contributed by atoms with Crippen molar-refractivity contribution in [1.29, 1.82) is 0 Å². The van der Waals surface area contributed by atoms with Crippen LogP contribution in [-0.4, -0.2) is 40.2 Å². The van der Waals surface area contributed by atoms with Crippen molar-refractivity contribution in [3.8, 4) is 0 Å². The van der Waals surface area contributed by atoms with Crippen LogP contribution >= 0.6 is 0 Å². The van der Waals surface area contributed by atoms with E-state index in [1.165, 1.54) is 6.08 Å². The smallest absolute Gasteiger partial charge is 0.331 e.